The predicted molar refractivity (Wildman–Crippen MR) is 73.7 cm³/mol. The minimum atomic E-state index is -0.481. The van der Waals surface area contributed by atoms with Crippen LogP contribution in [0.2, 0.25) is 0 Å². The predicted octanol–water partition coefficient (Wildman–Crippen LogP) is -0.606. The fourth-order valence-corrected chi connectivity index (χ4v) is 2.02. The molecule has 7 nitrogen and oxygen atoms in total. The number of pyridine rings is 1. The number of anilines is 1. The first-order valence-electron chi connectivity index (χ1n) is 6.48. The van der Waals surface area contributed by atoms with Crippen LogP contribution in [0.25, 0.3) is 0 Å². The van der Waals surface area contributed by atoms with Gasteiger partial charge in [0.1, 0.15) is 12.4 Å². The number of carbonyl (C=O) groups excluding carboxylic acids is 2. The molecule has 0 unspecified atom stereocenters. The van der Waals surface area contributed by atoms with Gasteiger partial charge in [-0.3, -0.25) is 9.59 Å². The Morgan fingerprint density at radius 2 is 2.20 bits per heavy atom. The first-order valence-corrected chi connectivity index (χ1v) is 6.48. The summed E-state index contributed by atoms with van der Waals surface area (Å²) in [6.45, 7) is 3.17. The zero-order chi connectivity index (χ0) is 14.4. The number of amides is 1. The second-order valence-corrected chi connectivity index (χ2v) is 4.37. The van der Waals surface area contributed by atoms with Gasteiger partial charge in [0.05, 0.1) is 12.7 Å². The van der Waals surface area contributed by atoms with Gasteiger partial charge in [-0.15, -0.1) is 0 Å². The van der Waals surface area contributed by atoms with Gasteiger partial charge in [0.2, 0.25) is 0 Å². The van der Waals surface area contributed by atoms with Crippen molar-refractivity contribution in [3.63, 3.8) is 0 Å². The molecule has 2 heterocycles. The van der Waals surface area contributed by atoms with Crippen LogP contribution in [-0.2, 0) is 9.53 Å². The molecule has 0 saturated carbocycles. The normalized spacial score (nSPS) is 14.8. The maximum Gasteiger partial charge on any atom is 0.325 e. The number of nitrogens with one attached hydrogen (secondary N) is 2. The standard InChI is InChI=1S/C13H18N4O3/c1-20-11(18)9-16-13(19)10-3-2-4-15-12(10)17-7-5-14-6-8-17/h2-4,14H,5-9H2,1H3,(H,16,19). The second kappa shape index (κ2) is 6.85. The molecule has 0 aliphatic carbocycles. The Kier molecular flexibility index (Phi) is 4.89. The zero-order valence-electron chi connectivity index (χ0n) is 11.4. The molecule has 1 aliphatic rings. The molecule has 0 atom stereocenters. The van der Waals surface area contributed by atoms with E-state index in [-0.39, 0.29) is 12.5 Å². The van der Waals surface area contributed by atoms with E-state index in [2.05, 4.69) is 25.3 Å². The molecule has 20 heavy (non-hydrogen) atoms. The van der Waals surface area contributed by atoms with Crippen LogP contribution in [0.1, 0.15) is 10.4 Å². The molecule has 0 radical (unpaired) electrons. The van der Waals surface area contributed by atoms with Crippen molar-refractivity contribution in [2.45, 2.75) is 0 Å². The van der Waals surface area contributed by atoms with Gasteiger partial charge in [0.25, 0.3) is 5.91 Å². The first-order chi connectivity index (χ1) is 9.72. The van der Waals surface area contributed by atoms with Gasteiger partial charge in [0.15, 0.2) is 0 Å². The molecule has 2 rings (SSSR count). The van der Waals surface area contributed by atoms with E-state index in [0.29, 0.717) is 11.4 Å². The molecule has 1 fully saturated rings. The van der Waals surface area contributed by atoms with E-state index >= 15 is 0 Å². The van der Waals surface area contributed by atoms with Crippen molar-refractivity contribution in [1.82, 2.24) is 15.6 Å². The van der Waals surface area contributed by atoms with Crippen LogP contribution in [0, 0.1) is 0 Å². The second-order valence-electron chi connectivity index (χ2n) is 4.37. The number of ether oxygens (including phenoxy) is 1. The minimum Gasteiger partial charge on any atom is -0.468 e. The summed E-state index contributed by atoms with van der Waals surface area (Å²) in [5, 5.41) is 5.78. The quantitative estimate of drug-likeness (QED) is 0.715. The molecule has 0 bridgehead atoms. The third-order valence-corrected chi connectivity index (χ3v) is 3.07. The van der Waals surface area contributed by atoms with Crippen LogP contribution >= 0.6 is 0 Å². The number of nitrogens with zero attached hydrogens (tertiary/aromatic N) is 2. The Balaban J connectivity index is 2.10. The van der Waals surface area contributed by atoms with Crippen molar-refractivity contribution in [1.29, 1.82) is 0 Å². The van der Waals surface area contributed by atoms with E-state index in [9.17, 15) is 9.59 Å². The lowest BCUT2D eigenvalue weighted by Crippen LogP contribution is -2.44. The number of carbonyl (C=O) groups is 2. The van der Waals surface area contributed by atoms with E-state index in [1.165, 1.54) is 7.11 Å². The van der Waals surface area contributed by atoms with Gasteiger partial charge in [0, 0.05) is 32.4 Å². The third-order valence-electron chi connectivity index (χ3n) is 3.07. The third kappa shape index (κ3) is 3.45. The number of rotatable bonds is 4. The number of esters is 1. The number of piperazine rings is 1. The lowest BCUT2D eigenvalue weighted by molar-refractivity contribution is -0.139. The highest BCUT2D eigenvalue weighted by Gasteiger charge is 2.19. The summed E-state index contributed by atoms with van der Waals surface area (Å²) >= 11 is 0. The minimum absolute atomic E-state index is 0.148. The first kappa shape index (κ1) is 14.3. The summed E-state index contributed by atoms with van der Waals surface area (Å²) in [6, 6.07) is 3.41. The van der Waals surface area contributed by atoms with Crippen molar-refractivity contribution >= 4 is 17.7 Å². The van der Waals surface area contributed by atoms with Crippen LogP contribution in [-0.4, -0.2) is 56.7 Å². The van der Waals surface area contributed by atoms with Crippen molar-refractivity contribution in [3.8, 4) is 0 Å². The molecule has 1 amide bonds. The fraction of sp³-hybridized carbons (Fsp3) is 0.462. The van der Waals surface area contributed by atoms with E-state index in [0.717, 1.165) is 26.2 Å². The van der Waals surface area contributed by atoms with Gasteiger partial charge in [-0.25, -0.2) is 4.98 Å². The molecule has 2 N–H and O–H groups in total. The molecule has 1 aromatic rings. The maximum atomic E-state index is 12.1. The summed E-state index contributed by atoms with van der Waals surface area (Å²) in [7, 11) is 1.28. The largest absolute Gasteiger partial charge is 0.468 e. The summed E-state index contributed by atoms with van der Waals surface area (Å²) in [5.41, 5.74) is 0.471. The Bertz CT molecular complexity index is 486. The molecule has 0 aromatic carbocycles. The van der Waals surface area contributed by atoms with Crippen molar-refractivity contribution in [2.75, 3.05) is 44.7 Å². The smallest absolute Gasteiger partial charge is 0.325 e. The summed E-state index contributed by atoms with van der Waals surface area (Å²) in [6.07, 6.45) is 1.66. The Labute approximate surface area is 117 Å². The molecule has 108 valence electrons. The highest BCUT2D eigenvalue weighted by molar-refractivity contribution is 6.00. The van der Waals surface area contributed by atoms with Crippen LogP contribution in [0.5, 0.6) is 0 Å². The van der Waals surface area contributed by atoms with E-state index in [4.69, 9.17) is 0 Å². The SMILES string of the molecule is COC(=O)CNC(=O)c1cccnc1N1CCNCC1. The van der Waals surface area contributed by atoms with Crippen molar-refractivity contribution in [3.05, 3.63) is 23.9 Å². The lowest BCUT2D eigenvalue weighted by Gasteiger charge is -2.29. The molecule has 1 aromatic heterocycles. The zero-order valence-corrected chi connectivity index (χ0v) is 11.4. The van der Waals surface area contributed by atoms with Crippen LogP contribution in [0.4, 0.5) is 5.82 Å². The van der Waals surface area contributed by atoms with Gasteiger partial charge in [-0.1, -0.05) is 0 Å². The molecule has 1 aliphatic heterocycles. The lowest BCUT2D eigenvalue weighted by atomic mass is 10.2. The number of hydrogen-bond donors (Lipinski definition) is 2. The molecular formula is C13H18N4O3. The average Bonchev–Trinajstić information content (AvgIpc) is 2.53. The van der Waals surface area contributed by atoms with Gasteiger partial charge in [-0.2, -0.15) is 0 Å². The van der Waals surface area contributed by atoms with Crippen LogP contribution < -0.4 is 15.5 Å². The monoisotopic (exact) mass is 278 g/mol. The summed E-state index contributed by atoms with van der Waals surface area (Å²) in [5.74, 6) is -0.153. The van der Waals surface area contributed by atoms with Gasteiger partial charge < -0.3 is 20.3 Å². The number of methoxy groups -OCH3 is 1. The van der Waals surface area contributed by atoms with Gasteiger partial charge >= 0.3 is 5.97 Å². The Morgan fingerprint density at radius 3 is 2.90 bits per heavy atom. The van der Waals surface area contributed by atoms with Crippen LogP contribution in [0.15, 0.2) is 18.3 Å². The molecular weight excluding hydrogens is 260 g/mol. The molecule has 7 heteroatoms. The number of aromatic nitrogens is 1. The molecule has 0 spiro atoms. The maximum absolute atomic E-state index is 12.1. The summed E-state index contributed by atoms with van der Waals surface area (Å²) in [4.78, 5) is 29.5. The van der Waals surface area contributed by atoms with E-state index in [1.807, 2.05) is 0 Å². The van der Waals surface area contributed by atoms with Gasteiger partial charge in [-0.05, 0) is 12.1 Å². The Hall–Kier alpha value is -2.15. The van der Waals surface area contributed by atoms with E-state index in [1.54, 1.807) is 18.3 Å². The fourth-order valence-electron chi connectivity index (χ4n) is 2.02. The highest BCUT2D eigenvalue weighted by Crippen LogP contribution is 2.17. The topological polar surface area (TPSA) is 83.6 Å². The summed E-state index contributed by atoms with van der Waals surface area (Å²) < 4.78 is 4.50. The molecule has 1 saturated heterocycles. The Morgan fingerprint density at radius 1 is 1.45 bits per heavy atom. The number of hydrogen-bond acceptors (Lipinski definition) is 6. The van der Waals surface area contributed by atoms with E-state index < -0.39 is 5.97 Å². The average molecular weight is 278 g/mol. The van der Waals surface area contributed by atoms with Crippen molar-refractivity contribution in [2.24, 2.45) is 0 Å². The highest BCUT2D eigenvalue weighted by atomic mass is 16.5. The van der Waals surface area contributed by atoms with Crippen LogP contribution in [0.3, 0.4) is 0 Å². The van der Waals surface area contributed by atoms with Crippen molar-refractivity contribution < 1.29 is 14.3 Å².